The molecule has 2 rings (SSSR count). The number of carboxylic acids is 1. The minimum Gasteiger partial charge on any atom is -0.480 e. The van der Waals surface area contributed by atoms with Gasteiger partial charge in [-0.05, 0) is 37.9 Å². The molecule has 1 aromatic carbocycles. The van der Waals surface area contributed by atoms with E-state index in [4.69, 9.17) is 10.5 Å². The number of esters is 1. The summed E-state index contributed by atoms with van der Waals surface area (Å²) < 4.78 is 5.01. The molecule has 0 aromatic heterocycles. The fourth-order valence-electron chi connectivity index (χ4n) is 3.28. The first kappa shape index (κ1) is 20.9. The van der Waals surface area contributed by atoms with E-state index in [0.29, 0.717) is 6.42 Å². The van der Waals surface area contributed by atoms with Crippen LogP contribution in [0.1, 0.15) is 31.4 Å². The van der Waals surface area contributed by atoms with E-state index in [9.17, 15) is 19.5 Å². The van der Waals surface area contributed by atoms with Gasteiger partial charge in [-0.25, -0.2) is 4.79 Å². The van der Waals surface area contributed by atoms with Gasteiger partial charge in [-0.3, -0.25) is 14.9 Å². The molecule has 27 heavy (non-hydrogen) atoms. The van der Waals surface area contributed by atoms with Crippen molar-refractivity contribution >= 4 is 17.8 Å². The second-order valence-corrected chi connectivity index (χ2v) is 6.56. The predicted molar refractivity (Wildman–Crippen MR) is 98.8 cm³/mol. The van der Waals surface area contributed by atoms with E-state index in [-0.39, 0.29) is 32.0 Å². The lowest BCUT2D eigenvalue weighted by Gasteiger charge is -2.36. The molecule has 1 aliphatic rings. The van der Waals surface area contributed by atoms with Crippen molar-refractivity contribution in [3.63, 3.8) is 0 Å². The molecule has 0 aliphatic carbocycles. The second kappa shape index (κ2) is 9.48. The van der Waals surface area contributed by atoms with Crippen molar-refractivity contribution < 1.29 is 24.2 Å². The van der Waals surface area contributed by atoms with E-state index in [2.05, 4.69) is 5.32 Å². The number of carbonyl (C=O) groups excluding carboxylic acids is 2. The number of rotatable bonds is 8. The number of benzene rings is 1. The minimum absolute atomic E-state index is 0.221. The first-order valence-corrected chi connectivity index (χ1v) is 9.11. The average Bonchev–Trinajstić information content (AvgIpc) is 2.66. The number of carboxylic acid groups (broad SMARTS) is 1. The zero-order chi connectivity index (χ0) is 20.0. The Balaban J connectivity index is 2.15. The molecule has 1 aliphatic heterocycles. The predicted octanol–water partition coefficient (Wildman–Crippen LogP) is 0.283. The number of nitrogens with one attached hydrogen (secondary N) is 1. The van der Waals surface area contributed by atoms with Crippen molar-refractivity contribution in [1.29, 1.82) is 0 Å². The molecule has 1 aromatic rings. The van der Waals surface area contributed by atoms with Gasteiger partial charge in [-0.1, -0.05) is 24.3 Å². The summed E-state index contributed by atoms with van der Waals surface area (Å²) in [5.74, 6) is -1.89. The van der Waals surface area contributed by atoms with Crippen molar-refractivity contribution in [3.05, 3.63) is 35.4 Å². The molecule has 0 bridgehead atoms. The van der Waals surface area contributed by atoms with E-state index in [1.54, 1.807) is 13.8 Å². The number of nitrogens with zero attached hydrogens (tertiary/aromatic N) is 1. The van der Waals surface area contributed by atoms with Crippen LogP contribution >= 0.6 is 0 Å². The number of hydrogen-bond donors (Lipinski definition) is 3. The van der Waals surface area contributed by atoms with Crippen LogP contribution < -0.4 is 11.1 Å². The Morgan fingerprint density at radius 1 is 1.33 bits per heavy atom. The number of ether oxygens (including phenoxy) is 1. The molecule has 8 nitrogen and oxygen atoms in total. The lowest BCUT2D eigenvalue weighted by Crippen LogP contribution is -2.56. The zero-order valence-electron chi connectivity index (χ0n) is 15.7. The van der Waals surface area contributed by atoms with Gasteiger partial charge in [0.15, 0.2) is 0 Å². The van der Waals surface area contributed by atoms with Gasteiger partial charge in [0.05, 0.1) is 12.6 Å². The van der Waals surface area contributed by atoms with Crippen LogP contribution in [0.15, 0.2) is 24.3 Å². The molecule has 0 saturated carbocycles. The van der Waals surface area contributed by atoms with Crippen LogP contribution in [0.3, 0.4) is 0 Å². The van der Waals surface area contributed by atoms with Gasteiger partial charge in [0.1, 0.15) is 12.1 Å². The molecule has 0 radical (unpaired) electrons. The third kappa shape index (κ3) is 5.05. The Hall–Kier alpha value is -2.45. The molecule has 8 heteroatoms. The van der Waals surface area contributed by atoms with E-state index in [0.717, 1.165) is 11.1 Å². The van der Waals surface area contributed by atoms with Crippen molar-refractivity contribution in [2.75, 3.05) is 13.2 Å². The fourth-order valence-corrected chi connectivity index (χ4v) is 3.28. The molecule has 2 unspecified atom stereocenters. The van der Waals surface area contributed by atoms with Crippen LogP contribution in [0.5, 0.6) is 0 Å². The van der Waals surface area contributed by atoms with Crippen LogP contribution in [-0.2, 0) is 32.1 Å². The van der Waals surface area contributed by atoms with Crippen molar-refractivity contribution in [1.82, 2.24) is 10.2 Å². The maximum Gasteiger partial charge on any atom is 0.326 e. The number of carbonyl (C=O) groups is 3. The van der Waals surface area contributed by atoms with Crippen LogP contribution in [0, 0.1) is 0 Å². The minimum atomic E-state index is -1.05. The molecular weight excluding hydrogens is 350 g/mol. The monoisotopic (exact) mass is 377 g/mol. The van der Waals surface area contributed by atoms with Gasteiger partial charge in [0.2, 0.25) is 5.91 Å². The first-order chi connectivity index (χ1) is 12.9. The van der Waals surface area contributed by atoms with E-state index < -0.39 is 30.1 Å². The lowest BCUT2D eigenvalue weighted by atomic mass is 9.93. The molecule has 148 valence electrons. The molecule has 0 saturated heterocycles. The van der Waals surface area contributed by atoms with Crippen molar-refractivity contribution in [3.8, 4) is 0 Å². The fraction of sp³-hybridized carbons (Fsp3) is 0.526. The number of aliphatic carboxylic acids is 1. The van der Waals surface area contributed by atoms with Crippen LogP contribution in [0.25, 0.3) is 0 Å². The standard InChI is InChI=1S/C19H27N3O5/c1-3-27-19(26)15(8-9-20)21-12(2)17(23)22-11-14-7-5-4-6-13(14)10-16(22)18(24)25/h4-7,12,15-16,21H,3,8-11,20H2,1-2H3,(H,24,25)/t12-,15?,16?/m0/s1. The summed E-state index contributed by atoms with van der Waals surface area (Å²) in [7, 11) is 0. The van der Waals surface area contributed by atoms with Gasteiger partial charge >= 0.3 is 11.9 Å². The Morgan fingerprint density at radius 3 is 2.59 bits per heavy atom. The summed E-state index contributed by atoms with van der Waals surface area (Å²) in [5, 5.41) is 12.5. The van der Waals surface area contributed by atoms with Gasteiger partial charge in [-0.15, -0.1) is 0 Å². The third-order valence-corrected chi connectivity index (χ3v) is 4.66. The summed E-state index contributed by atoms with van der Waals surface area (Å²) in [6.45, 7) is 4.03. The number of hydrogen-bond acceptors (Lipinski definition) is 6. The topological polar surface area (TPSA) is 122 Å². The average molecular weight is 377 g/mol. The Bertz CT molecular complexity index is 694. The molecule has 3 atom stereocenters. The Labute approximate surface area is 158 Å². The molecule has 1 amide bonds. The third-order valence-electron chi connectivity index (χ3n) is 4.66. The maximum atomic E-state index is 13.0. The van der Waals surface area contributed by atoms with Crippen LogP contribution in [-0.4, -0.2) is 59.1 Å². The highest BCUT2D eigenvalue weighted by molar-refractivity contribution is 5.88. The first-order valence-electron chi connectivity index (χ1n) is 9.11. The Morgan fingerprint density at radius 2 is 2.00 bits per heavy atom. The quantitative estimate of drug-likeness (QED) is 0.556. The van der Waals surface area contributed by atoms with Gasteiger partial charge in [0.25, 0.3) is 0 Å². The maximum absolute atomic E-state index is 13.0. The van der Waals surface area contributed by atoms with Crippen molar-refractivity contribution in [2.24, 2.45) is 5.73 Å². The van der Waals surface area contributed by atoms with Gasteiger partial charge in [-0.2, -0.15) is 0 Å². The lowest BCUT2D eigenvalue weighted by molar-refractivity contribution is -0.153. The zero-order valence-corrected chi connectivity index (χ0v) is 15.7. The van der Waals surface area contributed by atoms with Crippen molar-refractivity contribution in [2.45, 2.75) is 51.4 Å². The highest BCUT2D eigenvalue weighted by atomic mass is 16.5. The molecule has 1 heterocycles. The second-order valence-electron chi connectivity index (χ2n) is 6.56. The Kier molecular flexibility index (Phi) is 7.32. The normalized spacial score (nSPS) is 18.3. The van der Waals surface area contributed by atoms with E-state index in [1.165, 1.54) is 4.90 Å². The molecular formula is C19H27N3O5. The summed E-state index contributed by atoms with van der Waals surface area (Å²) in [5.41, 5.74) is 7.41. The largest absolute Gasteiger partial charge is 0.480 e. The SMILES string of the molecule is CCOC(=O)C(CCN)N[C@@H](C)C(=O)N1Cc2ccccc2CC1C(=O)O. The van der Waals surface area contributed by atoms with E-state index in [1.807, 2.05) is 24.3 Å². The number of nitrogens with two attached hydrogens (primary N) is 1. The highest BCUT2D eigenvalue weighted by Gasteiger charge is 2.37. The van der Waals surface area contributed by atoms with Crippen LogP contribution in [0.2, 0.25) is 0 Å². The number of fused-ring (bicyclic) bond motifs is 1. The summed E-state index contributed by atoms with van der Waals surface area (Å²) in [4.78, 5) is 38.1. The van der Waals surface area contributed by atoms with Gasteiger partial charge in [0, 0.05) is 13.0 Å². The molecule has 0 spiro atoms. The highest BCUT2D eigenvalue weighted by Crippen LogP contribution is 2.24. The van der Waals surface area contributed by atoms with Crippen LogP contribution in [0.4, 0.5) is 0 Å². The summed E-state index contributed by atoms with van der Waals surface area (Å²) in [6, 6.07) is 5.09. The molecule has 0 fully saturated rings. The number of amides is 1. The smallest absolute Gasteiger partial charge is 0.326 e. The molecule has 4 N–H and O–H groups in total. The summed E-state index contributed by atoms with van der Waals surface area (Å²) >= 11 is 0. The summed E-state index contributed by atoms with van der Waals surface area (Å²) in [6.07, 6.45) is 0.579. The van der Waals surface area contributed by atoms with Gasteiger partial charge < -0.3 is 20.5 Å². The van der Waals surface area contributed by atoms with E-state index >= 15 is 0 Å².